The Hall–Kier alpha value is -1.01. The largest absolute Gasteiger partial charge is 0.387 e. The number of rotatable bonds is 12. The molecule has 0 unspecified atom stereocenters. The molecule has 0 saturated carbocycles. The van der Waals surface area contributed by atoms with E-state index in [0.717, 1.165) is 0 Å². The Bertz CT molecular complexity index is 382. The van der Waals surface area contributed by atoms with Crippen molar-refractivity contribution in [1.29, 1.82) is 0 Å². The minimum absolute atomic E-state index is 0.0640. The fraction of sp³-hybridized carbons (Fsp3) is 1.00. The third kappa shape index (κ3) is 7.26. The molecule has 0 spiro atoms. The summed E-state index contributed by atoms with van der Waals surface area (Å²) in [6.45, 7) is 1.71. The van der Waals surface area contributed by atoms with Crippen LogP contribution in [0.3, 0.4) is 0 Å². The summed E-state index contributed by atoms with van der Waals surface area (Å²) in [6.07, 6.45) is -5.86. The lowest BCUT2D eigenvalue weighted by Crippen LogP contribution is -2.59. The number of hydrogen-bond donors (Lipinski definition) is 3. The molecular weight excluding hydrogens is 326 g/mol. The van der Waals surface area contributed by atoms with Crippen molar-refractivity contribution >= 4 is 0 Å². The smallest absolute Gasteiger partial charge is 0.186 e. The van der Waals surface area contributed by atoms with Crippen LogP contribution in [0.2, 0.25) is 0 Å². The van der Waals surface area contributed by atoms with Gasteiger partial charge in [-0.2, -0.15) is 0 Å². The van der Waals surface area contributed by atoms with E-state index in [-0.39, 0.29) is 26.4 Å². The summed E-state index contributed by atoms with van der Waals surface area (Å²) in [4.78, 5) is 2.59. The van der Waals surface area contributed by atoms with Gasteiger partial charge < -0.3 is 39.0 Å². The Morgan fingerprint density at radius 1 is 1.00 bits per heavy atom. The molecule has 3 N–H and O–H groups in total. The van der Waals surface area contributed by atoms with Gasteiger partial charge in [0.25, 0.3) is 0 Å². The maximum atomic E-state index is 9.84. The highest BCUT2D eigenvalue weighted by Crippen LogP contribution is 2.22. The van der Waals surface area contributed by atoms with Crippen LogP contribution in [0.25, 0.3) is 10.4 Å². The highest BCUT2D eigenvalue weighted by Gasteiger charge is 2.44. The summed E-state index contributed by atoms with van der Waals surface area (Å²) in [6, 6.07) is 0. The van der Waals surface area contributed by atoms with Crippen molar-refractivity contribution in [2.24, 2.45) is 5.11 Å². The average Bonchev–Trinajstić information content (AvgIpc) is 2.58. The van der Waals surface area contributed by atoms with Crippen molar-refractivity contribution in [2.45, 2.75) is 30.7 Å². The topological polar surface area (TPSA) is 156 Å². The summed E-state index contributed by atoms with van der Waals surface area (Å²) in [5.74, 6) is 0. The van der Waals surface area contributed by atoms with Gasteiger partial charge in [0.2, 0.25) is 0 Å². The first-order chi connectivity index (χ1) is 11.6. The molecule has 1 rings (SSSR count). The van der Waals surface area contributed by atoms with E-state index in [1.165, 1.54) is 7.11 Å². The molecule has 1 saturated heterocycles. The second-order valence-corrected chi connectivity index (χ2v) is 5.02. The highest BCUT2D eigenvalue weighted by molar-refractivity contribution is 4.89. The molecule has 11 nitrogen and oxygen atoms in total. The van der Waals surface area contributed by atoms with Crippen LogP contribution in [0, 0.1) is 0 Å². The molecule has 1 heterocycles. The SMILES string of the molecule is COC[C@H]1O[C@H](OCCOCCOCCN=[N+]=[N-])[C@@H](O)[C@@H](O)[C@@H]1O. The van der Waals surface area contributed by atoms with Crippen molar-refractivity contribution in [2.75, 3.05) is 53.3 Å². The lowest BCUT2D eigenvalue weighted by Gasteiger charge is -2.39. The molecule has 1 fully saturated rings. The number of aliphatic hydroxyl groups excluding tert-OH is 3. The zero-order valence-corrected chi connectivity index (χ0v) is 13.6. The van der Waals surface area contributed by atoms with Gasteiger partial charge in [0.15, 0.2) is 6.29 Å². The Labute approximate surface area is 139 Å². The minimum Gasteiger partial charge on any atom is -0.387 e. The molecular formula is C13H25N3O8. The molecule has 1 aliphatic rings. The number of methoxy groups -OCH3 is 1. The minimum atomic E-state index is -1.38. The van der Waals surface area contributed by atoms with Crippen LogP contribution in [0.15, 0.2) is 5.11 Å². The van der Waals surface area contributed by atoms with Crippen LogP contribution in [0.1, 0.15) is 0 Å². The fourth-order valence-corrected chi connectivity index (χ4v) is 2.05. The molecule has 5 atom stereocenters. The van der Waals surface area contributed by atoms with E-state index >= 15 is 0 Å². The van der Waals surface area contributed by atoms with Crippen molar-refractivity contribution in [3.8, 4) is 0 Å². The number of azide groups is 1. The number of ether oxygens (including phenoxy) is 5. The van der Waals surface area contributed by atoms with Gasteiger partial charge in [0.1, 0.15) is 24.4 Å². The Morgan fingerprint density at radius 3 is 2.33 bits per heavy atom. The van der Waals surface area contributed by atoms with E-state index in [2.05, 4.69) is 10.0 Å². The summed E-state index contributed by atoms with van der Waals surface area (Å²) < 4.78 is 26.0. The molecule has 0 bridgehead atoms. The van der Waals surface area contributed by atoms with E-state index in [0.29, 0.717) is 19.8 Å². The highest BCUT2D eigenvalue weighted by atomic mass is 16.7. The lowest BCUT2D eigenvalue weighted by molar-refractivity contribution is -0.303. The van der Waals surface area contributed by atoms with Gasteiger partial charge in [-0.15, -0.1) is 0 Å². The van der Waals surface area contributed by atoms with Crippen molar-refractivity contribution in [1.82, 2.24) is 0 Å². The van der Waals surface area contributed by atoms with E-state index in [1.54, 1.807) is 0 Å². The average molecular weight is 351 g/mol. The molecule has 0 aromatic heterocycles. The summed E-state index contributed by atoms with van der Waals surface area (Å²) in [5, 5.41) is 32.7. The summed E-state index contributed by atoms with van der Waals surface area (Å²) in [7, 11) is 1.44. The van der Waals surface area contributed by atoms with Gasteiger partial charge in [0.05, 0.1) is 39.6 Å². The van der Waals surface area contributed by atoms with Gasteiger partial charge in [-0.25, -0.2) is 0 Å². The first-order valence-electron chi connectivity index (χ1n) is 7.58. The molecule has 0 radical (unpaired) electrons. The van der Waals surface area contributed by atoms with E-state index in [4.69, 9.17) is 29.2 Å². The van der Waals surface area contributed by atoms with E-state index < -0.39 is 30.7 Å². The van der Waals surface area contributed by atoms with Crippen molar-refractivity contribution in [3.63, 3.8) is 0 Å². The van der Waals surface area contributed by atoms with Crippen molar-refractivity contribution in [3.05, 3.63) is 10.4 Å². The van der Waals surface area contributed by atoms with Crippen LogP contribution in [0.5, 0.6) is 0 Å². The fourth-order valence-electron chi connectivity index (χ4n) is 2.05. The van der Waals surface area contributed by atoms with Crippen LogP contribution in [0.4, 0.5) is 0 Å². The second kappa shape index (κ2) is 12.4. The number of nitrogens with zero attached hydrogens (tertiary/aromatic N) is 3. The van der Waals surface area contributed by atoms with Gasteiger partial charge in [-0.1, -0.05) is 5.11 Å². The standard InChI is InChI=1S/C13H25N3O8/c1-20-8-9-10(17)11(18)12(19)13(24-9)23-7-6-22-5-4-21-3-2-15-16-14/h9-13,17-19H,2-8H2,1H3/t9-,10-,11+,12+,13+/m1/s1. The van der Waals surface area contributed by atoms with Crippen LogP contribution >= 0.6 is 0 Å². The maximum absolute atomic E-state index is 9.84. The Kier molecular flexibility index (Phi) is 10.8. The van der Waals surface area contributed by atoms with Crippen LogP contribution < -0.4 is 0 Å². The van der Waals surface area contributed by atoms with Gasteiger partial charge in [0, 0.05) is 18.6 Å². The zero-order valence-electron chi connectivity index (χ0n) is 13.6. The van der Waals surface area contributed by atoms with Crippen LogP contribution in [-0.2, 0) is 23.7 Å². The molecule has 11 heteroatoms. The third-order valence-corrected chi connectivity index (χ3v) is 3.28. The molecule has 140 valence electrons. The van der Waals surface area contributed by atoms with E-state index in [9.17, 15) is 15.3 Å². The van der Waals surface area contributed by atoms with Crippen LogP contribution in [-0.4, -0.2) is 99.3 Å². The van der Waals surface area contributed by atoms with Gasteiger partial charge in [-0.05, 0) is 5.53 Å². The number of aliphatic hydroxyl groups is 3. The van der Waals surface area contributed by atoms with E-state index in [1.807, 2.05) is 0 Å². The molecule has 0 aliphatic carbocycles. The monoisotopic (exact) mass is 351 g/mol. The Morgan fingerprint density at radius 2 is 1.67 bits per heavy atom. The number of hydrogen-bond acceptors (Lipinski definition) is 9. The second-order valence-electron chi connectivity index (χ2n) is 5.02. The molecule has 0 aromatic carbocycles. The zero-order chi connectivity index (χ0) is 17.8. The third-order valence-electron chi connectivity index (χ3n) is 3.28. The van der Waals surface area contributed by atoms with Gasteiger partial charge in [-0.3, -0.25) is 0 Å². The quantitative estimate of drug-likeness (QED) is 0.171. The maximum Gasteiger partial charge on any atom is 0.186 e. The van der Waals surface area contributed by atoms with Crippen molar-refractivity contribution < 1.29 is 39.0 Å². The lowest BCUT2D eigenvalue weighted by atomic mass is 9.99. The summed E-state index contributed by atoms with van der Waals surface area (Å²) in [5.41, 5.74) is 8.07. The van der Waals surface area contributed by atoms with Gasteiger partial charge >= 0.3 is 0 Å². The summed E-state index contributed by atoms with van der Waals surface area (Å²) >= 11 is 0. The molecule has 0 amide bonds. The molecule has 0 aromatic rings. The Balaban J connectivity index is 2.13. The predicted octanol–water partition coefficient (Wildman–Crippen LogP) is -1.20. The first kappa shape index (κ1) is 21.0. The normalized spacial score (nSPS) is 30.1. The first-order valence-corrected chi connectivity index (χ1v) is 7.58. The molecule has 1 aliphatic heterocycles. The predicted molar refractivity (Wildman–Crippen MR) is 80.2 cm³/mol. The molecule has 24 heavy (non-hydrogen) atoms.